The van der Waals surface area contributed by atoms with Gasteiger partial charge in [-0.05, 0) is 50.4 Å². The highest BCUT2D eigenvalue weighted by molar-refractivity contribution is 5.85. The van der Waals surface area contributed by atoms with E-state index in [1.165, 1.54) is 51.4 Å². The van der Waals surface area contributed by atoms with Crippen LogP contribution in [0.3, 0.4) is 0 Å². The number of nitrogens with zero attached hydrogens (tertiary/aromatic N) is 1. The number of carbonyl (C=O) groups is 1. The molecule has 3 nitrogen and oxygen atoms in total. The predicted molar refractivity (Wildman–Crippen MR) is 88.7 cm³/mol. The third-order valence-electron chi connectivity index (χ3n) is 5.88. The van der Waals surface area contributed by atoms with Crippen LogP contribution in [-0.4, -0.2) is 36.0 Å². The summed E-state index contributed by atoms with van der Waals surface area (Å²) in [6.07, 6.45) is 10.9. The maximum Gasteiger partial charge on any atom is 0.222 e. The number of hydrogen-bond acceptors (Lipinski definition) is 2. The molecule has 1 aliphatic carbocycles. The van der Waals surface area contributed by atoms with Crippen LogP contribution in [0, 0.1) is 11.8 Å². The van der Waals surface area contributed by atoms with Crippen molar-refractivity contribution in [3.8, 4) is 0 Å². The zero-order chi connectivity index (χ0) is 14.1. The Labute approximate surface area is 135 Å². The number of nitrogens with one attached hydrogen (secondary N) is 1. The van der Waals surface area contributed by atoms with Gasteiger partial charge in [0.1, 0.15) is 0 Å². The van der Waals surface area contributed by atoms with Gasteiger partial charge in [-0.2, -0.15) is 0 Å². The van der Waals surface area contributed by atoms with Crippen LogP contribution < -0.4 is 5.32 Å². The molecule has 1 amide bonds. The Kier molecular flexibility index (Phi) is 5.96. The molecule has 122 valence electrons. The summed E-state index contributed by atoms with van der Waals surface area (Å²) in [4.78, 5) is 14.6. The number of hydrogen-bond donors (Lipinski definition) is 1. The van der Waals surface area contributed by atoms with Gasteiger partial charge in [0.2, 0.25) is 5.91 Å². The van der Waals surface area contributed by atoms with E-state index in [1.807, 2.05) is 7.05 Å². The summed E-state index contributed by atoms with van der Waals surface area (Å²) < 4.78 is 0. The topological polar surface area (TPSA) is 32.3 Å². The van der Waals surface area contributed by atoms with Crippen LogP contribution in [0.1, 0.15) is 64.7 Å². The molecule has 4 unspecified atom stereocenters. The first-order valence-corrected chi connectivity index (χ1v) is 8.63. The second-order valence-corrected chi connectivity index (χ2v) is 7.61. The Hall–Kier alpha value is -0.280. The quantitative estimate of drug-likeness (QED) is 0.866. The lowest BCUT2D eigenvalue weighted by Gasteiger charge is -2.36. The molecule has 1 N–H and O–H groups in total. The van der Waals surface area contributed by atoms with E-state index in [9.17, 15) is 4.79 Å². The van der Waals surface area contributed by atoms with E-state index in [0.29, 0.717) is 30.0 Å². The average Bonchev–Trinajstić information content (AvgIpc) is 2.77. The minimum Gasteiger partial charge on any atom is -0.343 e. The minimum absolute atomic E-state index is 0. The zero-order valence-corrected chi connectivity index (χ0v) is 14.3. The Morgan fingerprint density at radius 1 is 1.10 bits per heavy atom. The molecule has 21 heavy (non-hydrogen) atoms. The van der Waals surface area contributed by atoms with E-state index in [2.05, 4.69) is 17.1 Å². The van der Waals surface area contributed by atoms with E-state index < -0.39 is 0 Å². The molecule has 4 heteroatoms. The fourth-order valence-electron chi connectivity index (χ4n) is 4.69. The number of carbonyl (C=O) groups excluding carboxylic acids is 1. The van der Waals surface area contributed by atoms with Crippen molar-refractivity contribution in [1.82, 2.24) is 10.2 Å². The summed E-state index contributed by atoms with van der Waals surface area (Å²) in [5.74, 6) is 1.82. The first-order valence-electron chi connectivity index (χ1n) is 8.63. The van der Waals surface area contributed by atoms with Crippen molar-refractivity contribution in [2.75, 3.05) is 7.05 Å². The highest BCUT2D eigenvalue weighted by Crippen LogP contribution is 2.34. The summed E-state index contributed by atoms with van der Waals surface area (Å²) in [5.41, 5.74) is 0. The number of rotatable bonds is 3. The third-order valence-corrected chi connectivity index (χ3v) is 5.88. The van der Waals surface area contributed by atoms with Crippen molar-refractivity contribution in [3.63, 3.8) is 0 Å². The second kappa shape index (κ2) is 7.32. The van der Waals surface area contributed by atoms with Gasteiger partial charge in [-0.3, -0.25) is 4.79 Å². The van der Waals surface area contributed by atoms with Gasteiger partial charge < -0.3 is 10.2 Å². The van der Waals surface area contributed by atoms with E-state index in [-0.39, 0.29) is 12.4 Å². The van der Waals surface area contributed by atoms with E-state index in [1.54, 1.807) is 0 Å². The Morgan fingerprint density at radius 2 is 1.76 bits per heavy atom. The van der Waals surface area contributed by atoms with E-state index in [4.69, 9.17) is 0 Å². The normalized spacial score (nSPS) is 38.7. The standard InChI is InChI=1S/C17H30N2O.ClH/c1-12-4-3-5-16(8-12)19(2)17(20)11-13-9-14-6-7-15(10-13)18-14;/h12-16,18H,3-11H2,1-2H3;1H. The van der Waals surface area contributed by atoms with Gasteiger partial charge in [0, 0.05) is 31.6 Å². The highest BCUT2D eigenvalue weighted by Gasteiger charge is 2.35. The molecule has 0 aromatic carbocycles. The Balaban J connectivity index is 0.00000161. The van der Waals surface area contributed by atoms with Gasteiger partial charge in [-0.25, -0.2) is 0 Å². The summed E-state index contributed by atoms with van der Waals surface area (Å²) in [6, 6.07) is 1.91. The smallest absolute Gasteiger partial charge is 0.222 e. The number of amides is 1. The van der Waals surface area contributed by atoms with Crippen molar-refractivity contribution in [1.29, 1.82) is 0 Å². The lowest BCUT2D eigenvalue weighted by atomic mass is 9.85. The van der Waals surface area contributed by atoms with Gasteiger partial charge in [-0.15, -0.1) is 12.4 Å². The SMILES string of the molecule is CC1CCCC(N(C)C(=O)CC2CC3CCC(C2)N3)C1.Cl. The molecule has 0 spiro atoms. The number of fused-ring (bicyclic) bond motifs is 2. The molecule has 2 saturated heterocycles. The van der Waals surface area contributed by atoms with Crippen molar-refractivity contribution in [2.45, 2.75) is 82.8 Å². The minimum atomic E-state index is 0. The third kappa shape index (κ3) is 4.13. The van der Waals surface area contributed by atoms with Crippen LogP contribution in [0.2, 0.25) is 0 Å². The molecule has 0 aromatic heterocycles. The molecule has 0 aromatic rings. The zero-order valence-electron chi connectivity index (χ0n) is 13.5. The van der Waals surface area contributed by atoms with Crippen molar-refractivity contribution < 1.29 is 4.79 Å². The Bertz CT molecular complexity index is 351. The Morgan fingerprint density at radius 3 is 2.38 bits per heavy atom. The van der Waals surface area contributed by atoms with E-state index >= 15 is 0 Å². The van der Waals surface area contributed by atoms with Gasteiger partial charge in [0.05, 0.1) is 0 Å². The second-order valence-electron chi connectivity index (χ2n) is 7.61. The van der Waals surface area contributed by atoms with Crippen LogP contribution in [0.5, 0.6) is 0 Å². The molecule has 0 radical (unpaired) electrons. The average molecular weight is 315 g/mol. The molecule has 3 rings (SSSR count). The molecule has 4 atom stereocenters. The predicted octanol–water partition coefficient (Wildman–Crippen LogP) is 3.37. The highest BCUT2D eigenvalue weighted by atomic mass is 35.5. The molecule has 3 aliphatic rings. The maximum atomic E-state index is 12.6. The molecule has 3 fully saturated rings. The maximum absolute atomic E-state index is 12.6. The van der Waals surface area contributed by atoms with Crippen LogP contribution in [0.4, 0.5) is 0 Å². The van der Waals surface area contributed by atoms with E-state index in [0.717, 1.165) is 12.3 Å². The molecule has 1 saturated carbocycles. The van der Waals surface area contributed by atoms with Crippen molar-refractivity contribution >= 4 is 18.3 Å². The first kappa shape index (κ1) is 17.1. The largest absolute Gasteiger partial charge is 0.343 e. The lowest BCUT2D eigenvalue weighted by Crippen LogP contribution is -2.43. The van der Waals surface area contributed by atoms with Crippen molar-refractivity contribution in [3.05, 3.63) is 0 Å². The molecule has 2 aliphatic heterocycles. The fourth-order valence-corrected chi connectivity index (χ4v) is 4.69. The molecule has 2 bridgehead atoms. The monoisotopic (exact) mass is 314 g/mol. The van der Waals surface area contributed by atoms with Gasteiger partial charge in [0.15, 0.2) is 0 Å². The van der Waals surface area contributed by atoms with Crippen LogP contribution in [0.15, 0.2) is 0 Å². The molecular weight excluding hydrogens is 284 g/mol. The summed E-state index contributed by atoms with van der Waals surface area (Å²) in [6.45, 7) is 2.33. The number of piperidine rings is 1. The van der Waals surface area contributed by atoms with Crippen LogP contribution in [0.25, 0.3) is 0 Å². The summed E-state index contributed by atoms with van der Waals surface area (Å²) in [5, 5.41) is 3.67. The molecular formula is C17H31ClN2O. The van der Waals surface area contributed by atoms with Crippen molar-refractivity contribution in [2.24, 2.45) is 11.8 Å². The fraction of sp³-hybridized carbons (Fsp3) is 0.941. The van der Waals surface area contributed by atoms with Gasteiger partial charge in [-0.1, -0.05) is 19.8 Å². The van der Waals surface area contributed by atoms with Gasteiger partial charge in [0.25, 0.3) is 0 Å². The lowest BCUT2D eigenvalue weighted by molar-refractivity contribution is -0.134. The van der Waals surface area contributed by atoms with Crippen LogP contribution in [-0.2, 0) is 4.79 Å². The summed E-state index contributed by atoms with van der Waals surface area (Å²) in [7, 11) is 2.04. The van der Waals surface area contributed by atoms with Crippen LogP contribution >= 0.6 is 12.4 Å². The molecule has 2 heterocycles. The first-order chi connectivity index (χ1) is 9.61. The van der Waals surface area contributed by atoms with Gasteiger partial charge >= 0.3 is 0 Å². The number of halogens is 1. The summed E-state index contributed by atoms with van der Waals surface area (Å²) >= 11 is 0.